The third kappa shape index (κ3) is 3.00. The Hall–Kier alpha value is -1.49. The fraction of sp³-hybridized carbons (Fsp3) is 0.250. The molecule has 0 saturated heterocycles. The van der Waals surface area contributed by atoms with E-state index < -0.39 is 0 Å². The smallest absolute Gasteiger partial charge is 0.161 e. The summed E-state index contributed by atoms with van der Waals surface area (Å²) in [6.07, 6.45) is 6.29. The highest BCUT2D eigenvalue weighted by Gasteiger charge is 2.05. The van der Waals surface area contributed by atoms with Crippen molar-refractivity contribution in [2.75, 3.05) is 11.9 Å². The maximum atomic E-state index is 4.48. The number of hydrogen-bond acceptors (Lipinski definition) is 4. The third-order valence-electron chi connectivity index (χ3n) is 2.23. The summed E-state index contributed by atoms with van der Waals surface area (Å²) in [6, 6.07) is 3.79. The average Bonchev–Trinajstić information content (AvgIpc) is 2.39. The summed E-state index contributed by atoms with van der Waals surface area (Å²) < 4.78 is 0.878. The van der Waals surface area contributed by atoms with E-state index in [1.807, 2.05) is 12.1 Å². The van der Waals surface area contributed by atoms with E-state index in [2.05, 4.69) is 43.1 Å². The van der Waals surface area contributed by atoms with Gasteiger partial charge in [-0.3, -0.25) is 4.98 Å². The molecule has 0 spiro atoms. The van der Waals surface area contributed by atoms with Crippen LogP contribution in [0.25, 0.3) is 11.4 Å². The summed E-state index contributed by atoms with van der Waals surface area (Å²) >= 11 is 3.43. The minimum Gasteiger partial charge on any atom is -0.369 e. The van der Waals surface area contributed by atoms with Gasteiger partial charge in [-0.15, -0.1) is 0 Å². The zero-order valence-corrected chi connectivity index (χ0v) is 11.1. The van der Waals surface area contributed by atoms with Gasteiger partial charge in [0, 0.05) is 30.7 Å². The molecule has 17 heavy (non-hydrogen) atoms. The standard InChI is InChI=1S/C12H13BrN4/c1-2-5-15-12-10(13)8-16-11(17-12)9-3-6-14-7-4-9/h3-4,6-8H,2,5H2,1H3,(H,15,16,17). The lowest BCUT2D eigenvalue weighted by molar-refractivity contribution is 0.963. The van der Waals surface area contributed by atoms with Crippen LogP contribution in [-0.2, 0) is 0 Å². The second kappa shape index (κ2) is 5.72. The summed E-state index contributed by atoms with van der Waals surface area (Å²) in [5.74, 6) is 1.53. The maximum Gasteiger partial charge on any atom is 0.161 e. The first kappa shape index (κ1) is 12.0. The van der Waals surface area contributed by atoms with E-state index in [-0.39, 0.29) is 0 Å². The highest BCUT2D eigenvalue weighted by molar-refractivity contribution is 9.10. The van der Waals surface area contributed by atoms with Gasteiger partial charge < -0.3 is 5.32 Å². The van der Waals surface area contributed by atoms with Crippen molar-refractivity contribution in [3.8, 4) is 11.4 Å². The number of nitrogens with one attached hydrogen (secondary N) is 1. The molecule has 5 heteroatoms. The van der Waals surface area contributed by atoms with Gasteiger partial charge >= 0.3 is 0 Å². The third-order valence-corrected chi connectivity index (χ3v) is 2.81. The second-order valence-electron chi connectivity index (χ2n) is 3.55. The Balaban J connectivity index is 2.31. The molecule has 0 aliphatic carbocycles. The van der Waals surface area contributed by atoms with Gasteiger partial charge in [0.05, 0.1) is 4.47 Å². The maximum absolute atomic E-state index is 4.48. The molecule has 0 unspecified atom stereocenters. The van der Waals surface area contributed by atoms with Crippen molar-refractivity contribution in [1.29, 1.82) is 0 Å². The summed E-state index contributed by atoms with van der Waals surface area (Å²) in [7, 11) is 0. The van der Waals surface area contributed by atoms with Crippen LogP contribution in [0, 0.1) is 0 Å². The Morgan fingerprint density at radius 1 is 1.29 bits per heavy atom. The number of pyridine rings is 1. The van der Waals surface area contributed by atoms with Crippen LogP contribution < -0.4 is 5.32 Å². The lowest BCUT2D eigenvalue weighted by Gasteiger charge is -2.07. The predicted molar refractivity (Wildman–Crippen MR) is 71.7 cm³/mol. The van der Waals surface area contributed by atoms with Gasteiger partial charge in [-0.05, 0) is 34.5 Å². The van der Waals surface area contributed by atoms with E-state index in [9.17, 15) is 0 Å². The molecule has 2 aromatic heterocycles. The number of anilines is 1. The molecule has 0 fully saturated rings. The van der Waals surface area contributed by atoms with Crippen molar-refractivity contribution in [3.05, 3.63) is 35.2 Å². The molecule has 0 aliphatic rings. The van der Waals surface area contributed by atoms with Gasteiger partial charge in [0.15, 0.2) is 5.82 Å². The van der Waals surface area contributed by atoms with Crippen molar-refractivity contribution < 1.29 is 0 Å². The first-order chi connectivity index (χ1) is 8.31. The average molecular weight is 293 g/mol. The van der Waals surface area contributed by atoms with Crippen molar-refractivity contribution in [2.45, 2.75) is 13.3 Å². The zero-order valence-electron chi connectivity index (χ0n) is 9.52. The van der Waals surface area contributed by atoms with E-state index in [0.717, 1.165) is 28.8 Å². The van der Waals surface area contributed by atoms with Crippen LogP contribution in [0.2, 0.25) is 0 Å². The van der Waals surface area contributed by atoms with Gasteiger partial charge in [-0.1, -0.05) is 6.92 Å². The SMILES string of the molecule is CCCNc1nc(-c2ccncc2)ncc1Br. The molecule has 0 atom stereocenters. The van der Waals surface area contributed by atoms with Gasteiger partial charge in [0.2, 0.25) is 0 Å². The molecule has 4 nitrogen and oxygen atoms in total. The second-order valence-corrected chi connectivity index (χ2v) is 4.41. The molecular weight excluding hydrogens is 280 g/mol. The minimum atomic E-state index is 0.703. The first-order valence-electron chi connectivity index (χ1n) is 5.48. The Morgan fingerprint density at radius 3 is 2.76 bits per heavy atom. The fourth-order valence-electron chi connectivity index (χ4n) is 1.37. The lowest BCUT2D eigenvalue weighted by Crippen LogP contribution is -2.04. The van der Waals surface area contributed by atoms with Crippen LogP contribution in [0.1, 0.15) is 13.3 Å². The molecule has 1 N–H and O–H groups in total. The van der Waals surface area contributed by atoms with Crippen LogP contribution >= 0.6 is 15.9 Å². The van der Waals surface area contributed by atoms with Gasteiger partial charge in [0.1, 0.15) is 5.82 Å². The van der Waals surface area contributed by atoms with Gasteiger partial charge in [-0.25, -0.2) is 9.97 Å². The Morgan fingerprint density at radius 2 is 2.06 bits per heavy atom. The van der Waals surface area contributed by atoms with E-state index >= 15 is 0 Å². The highest BCUT2D eigenvalue weighted by Crippen LogP contribution is 2.22. The van der Waals surface area contributed by atoms with E-state index in [1.165, 1.54) is 0 Å². The summed E-state index contributed by atoms with van der Waals surface area (Å²) in [6.45, 7) is 3.01. The minimum absolute atomic E-state index is 0.703. The van der Waals surface area contributed by atoms with Gasteiger partial charge in [-0.2, -0.15) is 0 Å². The van der Waals surface area contributed by atoms with Crippen LogP contribution in [-0.4, -0.2) is 21.5 Å². The Bertz CT molecular complexity index is 487. The normalized spacial score (nSPS) is 10.2. The molecule has 0 radical (unpaired) electrons. The molecule has 0 amide bonds. The van der Waals surface area contributed by atoms with Crippen LogP contribution in [0.15, 0.2) is 35.2 Å². The molecule has 0 saturated carbocycles. The van der Waals surface area contributed by atoms with E-state index in [4.69, 9.17) is 0 Å². The van der Waals surface area contributed by atoms with Crippen LogP contribution in [0.5, 0.6) is 0 Å². The summed E-state index contributed by atoms with van der Waals surface area (Å²) in [4.78, 5) is 12.8. The molecule has 0 aromatic carbocycles. The Kier molecular flexibility index (Phi) is 4.03. The lowest BCUT2D eigenvalue weighted by atomic mass is 10.2. The first-order valence-corrected chi connectivity index (χ1v) is 6.27. The summed E-state index contributed by atoms with van der Waals surface area (Å²) in [5, 5.41) is 3.26. The molecule has 88 valence electrons. The monoisotopic (exact) mass is 292 g/mol. The van der Waals surface area contributed by atoms with E-state index in [1.54, 1.807) is 18.6 Å². The number of nitrogens with zero attached hydrogens (tertiary/aromatic N) is 3. The fourth-order valence-corrected chi connectivity index (χ4v) is 1.71. The van der Waals surface area contributed by atoms with E-state index in [0.29, 0.717) is 5.82 Å². The number of rotatable bonds is 4. The van der Waals surface area contributed by atoms with Crippen LogP contribution in [0.3, 0.4) is 0 Å². The van der Waals surface area contributed by atoms with Crippen molar-refractivity contribution in [1.82, 2.24) is 15.0 Å². The molecule has 2 heterocycles. The molecule has 2 aromatic rings. The number of hydrogen-bond donors (Lipinski definition) is 1. The Labute approximate surface area is 109 Å². The highest BCUT2D eigenvalue weighted by atomic mass is 79.9. The molecule has 2 rings (SSSR count). The zero-order chi connectivity index (χ0) is 12.1. The number of aromatic nitrogens is 3. The van der Waals surface area contributed by atoms with Gasteiger partial charge in [0.25, 0.3) is 0 Å². The number of halogens is 1. The molecule has 0 bridgehead atoms. The topological polar surface area (TPSA) is 50.7 Å². The quantitative estimate of drug-likeness (QED) is 0.941. The molecular formula is C12H13BrN4. The molecule has 0 aliphatic heterocycles. The van der Waals surface area contributed by atoms with Crippen LogP contribution in [0.4, 0.5) is 5.82 Å². The largest absolute Gasteiger partial charge is 0.369 e. The predicted octanol–water partition coefficient (Wildman–Crippen LogP) is 3.12. The van der Waals surface area contributed by atoms with Crippen molar-refractivity contribution >= 4 is 21.7 Å². The summed E-state index contributed by atoms with van der Waals surface area (Å²) in [5.41, 5.74) is 0.965. The van der Waals surface area contributed by atoms with Crippen molar-refractivity contribution in [3.63, 3.8) is 0 Å². The van der Waals surface area contributed by atoms with Crippen molar-refractivity contribution in [2.24, 2.45) is 0 Å².